The number of nitrogens with two attached hydrogens (primary N) is 1. The number of benzene rings is 1. The number of methoxy groups -OCH3 is 1. The van der Waals surface area contributed by atoms with Crippen molar-refractivity contribution in [2.75, 3.05) is 24.7 Å². The SMILES string of the molecule is CCNc1cc(Oc2cccc(OC)c2)nc(N)n1. The largest absolute Gasteiger partial charge is 0.497 e. The van der Waals surface area contributed by atoms with Crippen LogP contribution >= 0.6 is 0 Å². The minimum atomic E-state index is 0.163. The summed E-state index contributed by atoms with van der Waals surface area (Å²) in [7, 11) is 1.60. The molecule has 0 aliphatic heterocycles. The number of aromatic nitrogens is 2. The highest BCUT2D eigenvalue weighted by atomic mass is 16.5. The molecule has 1 heterocycles. The van der Waals surface area contributed by atoms with E-state index in [9.17, 15) is 0 Å². The first-order chi connectivity index (χ1) is 9.21. The normalized spacial score (nSPS) is 10.0. The lowest BCUT2D eigenvalue weighted by atomic mass is 10.3. The molecule has 2 rings (SSSR count). The molecule has 0 saturated carbocycles. The van der Waals surface area contributed by atoms with Gasteiger partial charge in [-0.3, -0.25) is 0 Å². The predicted octanol–water partition coefficient (Wildman–Crippen LogP) is 2.29. The van der Waals surface area contributed by atoms with Crippen molar-refractivity contribution in [2.24, 2.45) is 0 Å². The third-order valence-electron chi connectivity index (χ3n) is 2.34. The van der Waals surface area contributed by atoms with Crippen molar-refractivity contribution in [3.63, 3.8) is 0 Å². The second-order valence-corrected chi connectivity index (χ2v) is 3.76. The molecule has 0 fully saturated rings. The van der Waals surface area contributed by atoms with Crippen LogP contribution in [0.2, 0.25) is 0 Å². The number of nitrogen functional groups attached to an aromatic ring is 1. The Labute approximate surface area is 111 Å². The molecule has 19 heavy (non-hydrogen) atoms. The van der Waals surface area contributed by atoms with Crippen LogP contribution in [0.15, 0.2) is 30.3 Å². The van der Waals surface area contributed by atoms with Gasteiger partial charge in [-0.1, -0.05) is 6.07 Å². The molecule has 1 aromatic carbocycles. The molecule has 0 radical (unpaired) electrons. The Kier molecular flexibility index (Phi) is 4.02. The smallest absolute Gasteiger partial charge is 0.226 e. The fourth-order valence-electron chi connectivity index (χ4n) is 1.55. The number of nitrogens with zero attached hydrogens (tertiary/aromatic N) is 2. The molecule has 1 aromatic heterocycles. The molecular weight excluding hydrogens is 244 g/mol. The van der Waals surface area contributed by atoms with E-state index in [2.05, 4.69) is 15.3 Å². The molecule has 0 amide bonds. The molecule has 0 spiro atoms. The Hall–Kier alpha value is -2.50. The summed E-state index contributed by atoms with van der Waals surface area (Å²) in [5, 5.41) is 3.06. The monoisotopic (exact) mass is 260 g/mol. The first-order valence-electron chi connectivity index (χ1n) is 5.91. The van der Waals surface area contributed by atoms with Gasteiger partial charge in [-0.15, -0.1) is 0 Å². The molecule has 6 heteroatoms. The average molecular weight is 260 g/mol. The number of ether oxygens (including phenoxy) is 2. The van der Waals surface area contributed by atoms with Gasteiger partial charge in [0.2, 0.25) is 11.8 Å². The Balaban J connectivity index is 2.22. The number of rotatable bonds is 5. The highest BCUT2D eigenvalue weighted by Crippen LogP contribution is 2.25. The third kappa shape index (κ3) is 3.48. The van der Waals surface area contributed by atoms with Crippen LogP contribution in [0, 0.1) is 0 Å². The van der Waals surface area contributed by atoms with E-state index in [0.717, 1.165) is 6.54 Å². The Morgan fingerprint density at radius 1 is 1.21 bits per heavy atom. The zero-order valence-electron chi connectivity index (χ0n) is 10.9. The summed E-state index contributed by atoms with van der Waals surface area (Å²) in [6.45, 7) is 2.72. The number of nitrogens with one attached hydrogen (secondary N) is 1. The zero-order chi connectivity index (χ0) is 13.7. The van der Waals surface area contributed by atoms with Crippen LogP contribution in [0.5, 0.6) is 17.4 Å². The molecule has 0 atom stereocenters. The first kappa shape index (κ1) is 12.9. The molecule has 100 valence electrons. The summed E-state index contributed by atoms with van der Waals surface area (Å²) < 4.78 is 10.8. The van der Waals surface area contributed by atoms with Crippen LogP contribution in [0.3, 0.4) is 0 Å². The van der Waals surface area contributed by atoms with Crippen LogP contribution < -0.4 is 20.5 Å². The molecule has 0 saturated heterocycles. The van der Waals surface area contributed by atoms with Gasteiger partial charge in [-0.05, 0) is 19.1 Å². The van der Waals surface area contributed by atoms with E-state index in [1.165, 1.54) is 0 Å². The second-order valence-electron chi connectivity index (χ2n) is 3.76. The van der Waals surface area contributed by atoms with Crippen LogP contribution in [0.25, 0.3) is 0 Å². The summed E-state index contributed by atoms with van der Waals surface area (Å²) in [5.41, 5.74) is 5.63. The van der Waals surface area contributed by atoms with Crippen molar-refractivity contribution in [1.82, 2.24) is 9.97 Å². The number of hydrogen-bond acceptors (Lipinski definition) is 6. The van der Waals surface area contributed by atoms with Gasteiger partial charge in [0, 0.05) is 18.7 Å². The van der Waals surface area contributed by atoms with Crippen molar-refractivity contribution in [2.45, 2.75) is 6.92 Å². The van der Waals surface area contributed by atoms with Crippen molar-refractivity contribution >= 4 is 11.8 Å². The predicted molar refractivity (Wildman–Crippen MR) is 73.7 cm³/mol. The van der Waals surface area contributed by atoms with E-state index in [1.807, 2.05) is 25.1 Å². The Morgan fingerprint density at radius 2 is 2.00 bits per heavy atom. The minimum Gasteiger partial charge on any atom is -0.497 e. The van der Waals surface area contributed by atoms with Gasteiger partial charge in [-0.25, -0.2) is 0 Å². The highest BCUT2D eigenvalue weighted by Gasteiger charge is 2.05. The van der Waals surface area contributed by atoms with Crippen molar-refractivity contribution < 1.29 is 9.47 Å². The van der Waals surface area contributed by atoms with Gasteiger partial charge in [0.25, 0.3) is 0 Å². The number of anilines is 2. The molecule has 6 nitrogen and oxygen atoms in total. The molecule has 2 aromatic rings. The maximum Gasteiger partial charge on any atom is 0.226 e. The topological polar surface area (TPSA) is 82.3 Å². The summed E-state index contributed by atoms with van der Waals surface area (Å²) >= 11 is 0. The summed E-state index contributed by atoms with van der Waals surface area (Å²) in [4.78, 5) is 8.08. The fourth-order valence-corrected chi connectivity index (χ4v) is 1.55. The molecule has 0 bridgehead atoms. The van der Waals surface area contributed by atoms with E-state index in [-0.39, 0.29) is 5.95 Å². The van der Waals surface area contributed by atoms with Crippen molar-refractivity contribution in [1.29, 1.82) is 0 Å². The molecular formula is C13H16N4O2. The van der Waals surface area contributed by atoms with E-state index in [4.69, 9.17) is 15.2 Å². The first-order valence-corrected chi connectivity index (χ1v) is 5.91. The van der Waals surface area contributed by atoms with Crippen molar-refractivity contribution in [3.05, 3.63) is 30.3 Å². The van der Waals surface area contributed by atoms with E-state index >= 15 is 0 Å². The van der Waals surface area contributed by atoms with Gasteiger partial charge in [0.1, 0.15) is 17.3 Å². The summed E-state index contributed by atoms with van der Waals surface area (Å²) in [6, 6.07) is 8.95. The third-order valence-corrected chi connectivity index (χ3v) is 2.34. The van der Waals surface area contributed by atoms with E-state index in [1.54, 1.807) is 19.2 Å². The standard InChI is InChI=1S/C13H16N4O2/c1-3-15-11-8-12(17-13(14)16-11)19-10-6-4-5-9(7-10)18-2/h4-8H,3H2,1-2H3,(H3,14,15,16,17). The van der Waals surface area contributed by atoms with Crippen molar-refractivity contribution in [3.8, 4) is 17.4 Å². The molecule has 0 aliphatic carbocycles. The van der Waals surface area contributed by atoms with Gasteiger partial charge in [0.05, 0.1) is 7.11 Å². The van der Waals surface area contributed by atoms with Gasteiger partial charge in [-0.2, -0.15) is 9.97 Å². The fraction of sp³-hybridized carbons (Fsp3) is 0.231. The maximum atomic E-state index is 5.64. The zero-order valence-corrected chi connectivity index (χ0v) is 10.9. The maximum absolute atomic E-state index is 5.64. The molecule has 3 N–H and O–H groups in total. The van der Waals surface area contributed by atoms with Gasteiger partial charge >= 0.3 is 0 Å². The average Bonchev–Trinajstić information content (AvgIpc) is 2.38. The van der Waals surface area contributed by atoms with Crippen LogP contribution in [0.1, 0.15) is 6.92 Å². The molecule has 0 unspecified atom stereocenters. The highest BCUT2D eigenvalue weighted by molar-refractivity contribution is 5.44. The Bertz CT molecular complexity index is 560. The lowest BCUT2D eigenvalue weighted by Gasteiger charge is -2.09. The second kappa shape index (κ2) is 5.90. The van der Waals surface area contributed by atoms with Gasteiger partial charge in [0.15, 0.2) is 0 Å². The Morgan fingerprint density at radius 3 is 2.74 bits per heavy atom. The minimum absolute atomic E-state index is 0.163. The lowest BCUT2D eigenvalue weighted by molar-refractivity contribution is 0.407. The summed E-state index contributed by atoms with van der Waals surface area (Å²) in [6.07, 6.45) is 0. The van der Waals surface area contributed by atoms with Crippen LogP contribution in [-0.4, -0.2) is 23.6 Å². The van der Waals surface area contributed by atoms with Crippen LogP contribution in [-0.2, 0) is 0 Å². The van der Waals surface area contributed by atoms with E-state index in [0.29, 0.717) is 23.2 Å². The summed E-state index contributed by atoms with van der Waals surface area (Å²) in [5.74, 6) is 2.52. The van der Waals surface area contributed by atoms with Gasteiger partial charge < -0.3 is 20.5 Å². The molecule has 0 aliphatic rings. The lowest BCUT2D eigenvalue weighted by Crippen LogP contribution is -2.04. The van der Waals surface area contributed by atoms with Crippen LogP contribution in [0.4, 0.5) is 11.8 Å². The number of hydrogen-bond donors (Lipinski definition) is 2. The van der Waals surface area contributed by atoms with E-state index < -0.39 is 0 Å². The quantitative estimate of drug-likeness (QED) is 0.858.